The Morgan fingerprint density at radius 2 is 1.21 bits per heavy atom. The molecular formula is C16H34N2O. The van der Waals surface area contributed by atoms with Gasteiger partial charge in [0, 0.05) is 19.0 Å². The summed E-state index contributed by atoms with van der Waals surface area (Å²) in [7, 11) is 0. The highest BCUT2D eigenvalue weighted by molar-refractivity contribution is 4.90. The number of nitrogens with one attached hydrogen (secondary N) is 2. The van der Waals surface area contributed by atoms with Crippen molar-refractivity contribution in [2.45, 2.75) is 84.2 Å². The third-order valence-electron chi connectivity index (χ3n) is 3.27. The maximum atomic E-state index is 7.57. The Morgan fingerprint density at radius 1 is 0.789 bits per heavy atom. The molecule has 0 spiro atoms. The van der Waals surface area contributed by atoms with Crippen molar-refractivity contribution >= 4 is 0 Å². The summed E-state index contributed by atoms with van der Waals surface area (Å²) in [5, 5.41) is 14.1. The fraction of sp³-hybridized carbons (Fsp3) is 0.875. The SMILES string of the molecule is CCCCCCCCCCCC1NC=CN1.CCO. The first kappa shape index (κ1) is 18.3. The summed E-state index contributed by atoms with van der Waals surface area (Å²) in [6.07, 6.45) is 18.5. The van der Waals surface area contributed by atoms with Crippen LogP contribution in [0.3, 0.4) is 0 Å². The van der Waals surface area contributed by atoms with Crippen molar-refractivity contribution in [3.8, 4) is 0 Å². The van der Waals surface area contributed by atoms with E-state index in [4.69, 9.17) is 5.11 Å². The highest BCUT2D eigenvalue weighted by Gasteiger charge is 2.05. The zero-order valence-electron chi connectivity index (χ0n) is 13.0. The van der Waals surface area contributed by atoms with Crippen LogP contribution in [0, 0.1) is 0 Å². The highest BCUT2D eigenvalue weighted by Crippen LogP contribution is 2.11. The van der Waals surface area contributed by atoms with Crippen LogP contribution in [0.25, 0.3) is 0 Å². The predicted molar refractivity (Wildman–Crippen MR) is 83.8 cm³/mol. The standard InChI is InChI=1S/C14H28N2.C2H6O/c1-2-3-4-5-6-7-8-9-10-11-14-15-12-13-16-14;1-2-3/h12-16H,2-11H2,1H3;3H,2H2,1H3. The van der Waals surface area contributed by atoms with E-state index in [9.17, 15) is 0 Å². The van der Waals surface area contributed by atoms with Crippen LogP contribution in [-0.4, -0.2) is 17.9 Å². The van der Waals surface area contributed by atoms with E-state index in [1.54, 1.807) is 6.92 Å². The minimum atomic E-state index is 0.250. The summed E-state index contributed by atoms with van der Waals surface area (Å²) < 4.78 is 0. The zero-order valence-corrected chi connectivity index (χ0v) is 13.0. The van der Waals surface area contributed by atoms with Crippen molar-refractivity contribution in [1.29, 1.82) is 0 Å². The van der Waals surface area contributed by atoms with Gasteiger partial charge in [0.1, 0.15) is 0 Å². The van der Waals surface area contributed by atoms with Crippen LogP contribution in [0.15, 0.2) is 12.4 Å². The van der Waals surface area contributed by atoms with Crippen LogP contribution < -0.4 is 10.6 Å². The van der Waals surface area contributed by atoms with Crippen LogP contribution in [0.4, 0.5) is 0 Å². The smallest absolute Gasteiger partial charge is 0.0955 e. The van der Waals surface area contributed by atoms with Crippen LogP contribution >= 0.6 is 0 Å². The summed E-state index contributed by atoms with van der Waals surface area (Å²) in [6.45, 7) is 4.21. The second-order valence-electron chi connectivity index (χ2n) is 5.15. The fourth-order valence-electron chi connectivity index (χ4n) is 2.20. The van der Waals surface area contributed by atoms with Gasteiger partial charge in [-0.15, -0.1) is 0 Å². The lowest BCUT2D eigenvalue weighted by molar-refractivity contribution is 0.318. The van der Waals surface area contributed by atoms with E-state index in [0.717, 1.165) is 0 Å². The second kappa shape index (κ2) is 15.4. The molecule has 3 nitrogen and oxygen atoms in total. The van der Waals surface area contributed by atoms with E-state index in [-0.39, 0.29) is 6.61 Å². The van der Waals surface area contributed by atoms with E-state index in [2.05, 4.69) is 17.6 Å². The molecule has 19 heavy (non-hydrogen) atoms. The Kier molecular flexibility index (Phi) is 14.8. The zero-order chi connectivity index (χ0) is 14.2. The Balaban J connectivity index is 0.000000982. The fourth-order valence-corrected chi connectivity index (χ4v) is 2.20. The van der Waals surface area contributed by atoms with Crippen LogP contribution in [-0.2, 0) is 0 Å². The quantitative estimate of drug-likeness (QED) is 0.528. The van der Waals surface area contributed by atoms with Gasteiger partial charge in [-0.3, -0.25) is 0 Å². The minimum Gasteiger partial charge on any atom is -0.397 e. The molecule has 0 bridgehead atoms. The van der Waals surface area contributed by atoms with Gasteiger partial charge in [0.2, 0.25) is 0 Å². The molecule has 0 unspecified atom stereocenters. The van der Waals surface area contributed by atoms with Gasteiger partial charge in [0.15, 0.2) is 0 Å². The summed E-state index contributed by atoms with van der Waals surface area (Å²) in [5.41, 5.74) is 0. The first-order valence-electron chi connectivity index (χ1n) is 8.13. The molecule has 3 heteroatoms. The highest BCUT2D eigenvalue weighted by atomic mass is 16.2. The molecular weight excluding hydrogens is 236 g/mol. The average molecular weight is 270 g/mol. The Morgan fingerprint density at radius 3 is 1.68 bits per heavy atom. The first-order valence-corrected chi connectivity index (χ1v) is 8.13. The molecule has 1 aliphatic heterocycles. The van der Waals surface area contributed by atoms with E-state index >= 15 is 0 Å². The number of rotatable bonds is 10. The molecule has 0 saturated heterocycles. The number of hydrogen-bond acceptors (Lipinski definition) is 3. The van der Waals surface area contributed by atoms with E-state index in [1.165, 1.54) is 64.2 Å². The van der Waals surface area contributed by atoms with Crippen molar-refractivity contribution in [2.24, 2.45) is 0 Å². The summed E-state index contributed by atoms with van der Waals surface area (Å²) in [5.74, 6) is 0. The molecule has 0 aliphatic carbocycles. The predicted octanol–water partition coefficient (Wildman–Crippen LogP) is 3.90. The van der Waals surface area contributed by atoms with Crippen molar-refractivity contribution in [1.82, 2.24) is 10.6 Å². The van der Waals surface area contributed by atoms with Gasteiger partial charge in [-0.05, 0) is 19.8 Å². The largest absolute Gasteiger partial charge is 0.397 e. The van der Waals surface area contributed by atoms with Crippen LogP contribution in [0.1, 0.15) is 78.1 Å². The molecule has 0 aromatic rings. The van der Waals surface area contributed by atoms with Gasteiger partial charge < -0.3 is 15.7 Å². The monoisotopic (exact) mass is 270 g/mol. The van der Waals surface area contributed by atoms with Gasteiger partial charge in [0.05, 0.1) is 6.17 Å². The lowest BCUT2D eigenvalue weighted by atomic mass is 10.1. The Labute approximate surface area is 119 Å². The van der Waals surface area contributed by atoms with Gasteiger partial charge in [-0.25, -0.2) is 0 Å². The first-order chi connectivity index (χ1) is 9.35. The number of unbranched alkanes of at least 4 members (excludes halogenated alkanes) is 8. The third kappa shape index (κ3) is 13.5. The van der Waals surface area contributed by atoms with E-state index < -0.39 is 0 Å². The van der Waals surface area contributed by atoms with Gasteiger partial charge in [-0.2, -0.15) is 0 Å². The summed E-state index contributed by atoms with van der Waals surface area (Å²) in [4.78, 5) is 0. The molecule has 1 heterocycles. The number of aliphatic hydroxyl groups excluding tert-OH is 1. The lowest BCUT2D eigenvalue weighted by Gasteiger charge is -2.11. The normalized spacial score (nSPS) is 13.6. The minimum absolute atomic E-state index is 0.250. The lowest BCUT2D eigenvalue weighted by Crippen LogP contribution is -2.30. The average Bonchev–Trinajstić information content (AvgIpc) is 2.91. The Bertz CT molecular complexity index is 187. The van der Waals surface area contributed by atoms with Crippen molar-refractivity contribution in [3.63, 3.8) is 0 Å². The summed E-state index contributed by atoms with van der Waals surface area (Å²) >= 11 is 0. The van der Waals surface area contributed by atoms with Crippen molar-refractivity contribution in [3.05, 3.63) is 12.4 Å². The number of aliphatic hydroxyl groups is 1. The molecule has 0 saturated carbocycles. The van der Waals surface area contributed by atoms with Gasteiger partial charge in [-0.1, -0.05) is 58.3 Å². The molecule has 0 aromatic carbocycles. The second-order valence-corrected chi connectivity index (χ2v) is 5.15. The van der Waals surface area contributed by atoms with E-state index in [0.29, 0.717) is 6.17 Å². The van der Waals surface area contributed by atoms with Gasteiger partial charge in [0.25, 0.3) is 0 Å². The van der Waals surface area contributed by atoms with Crippen LogP contribution in [0.2, 0.25) is 0 Å². The molecule has 0 fully saturated rings. The maximum Gasteiger partial charge on any atom is 0.0955 e. The Hall–Kier alpha value is -0.700. The molecule has 0 aromatic heterocycles. The van der Waals surface area contributed by atoms with Crippen molar-refractivity contribution in [2.75, 3.05) is 6.61 Å². The molecule has 0 amide bonds. The maximum absolute atomic E-state index is 7.57. The molecule has 0 atom stereocenters. The van der Waals surface area contributed by atoms with E-state index in [1.807, 2.05) is 12.4 Å². The molecule has 1 rings (SSSR count). The number of hydrogen-bond donors (Lipinski definition) is 3. The van der Waals surface area contributed by atoms with Crippen LogP contribution in [0.5, 0.6) is 0 Å². The summed E-state index contributed by atoms with van der Waals surface area (Å²) in [6, 6.07) is 0. The molecule has 114 valence electrons. The molecule has 0 radical (unpaired) electrons. The third-order valence-corrected chi connectivity index (χ3v) is 3.27. The molecule has 1 aliphatic rings. The van der Waals surface area contributed by atoms with Gasteiger partial charge >= 0.3 is 0 Å². The van der Waals surface area contributed by atoms with Crippen molar-refractivity contribution < 1.29 is 5.11 Å². The topological polar surface area (TPSA) is 44.3 Å². The molecule has 3 N–H and O–H groups in total.